The molecule has 1 aliphatic carbocycles. The molecule has 0 bridgehead atoms. The number of halogens is 2. The fraction of sp³-hybridized carbons (Fsp3) is 0.692. The van der Waals surface area contributed by atoms with Gasteiger partial charge in [0.2, 0.25) is 0 Å². The first kappa shape index (κ1) is 42.5. The van der Waals surface area contributed by atoms with Gasteiger partial charge in [-0.15, -0.1) is 6.58 Å². The summed E-state index contributed by atoms with van der Waals surface area (Å²) in [7, 11) is 0. The number of hydrogen-bond donors (Lipinski definition) is 0. The number of rotatable bonds is 8. The monoisotopic (exact) mass is 632 g/mol. The summed E-state index contributed by atoms with van der Waals surface area (Å²) in [4.78, 5) is 13.8. The maximum absolute atomic E-state index is 13.5. The molecule has 258 valence electrons. The van der Waals surface area contributed by atoms with Crippen LogP contribution in [0.2, 0.25) is 0 Å². The van der Waals surface area contributed by atoms with Crippen LogP contribution in [-0.4, -0.2) is 39.6 Å². The number of nitrogens with zero attached hydrogens (tertiary/aromatic N) is 3. The highest BCUT2D eigenvalue weighted by atomic mass is 19.3. The van der Waals surface area contributed by atoms with Gasteiger partial charge in [0.15, 0.2) is 5.69 Å². The highest BCUT2D eigenvalue weighted by Crippen LogP contribution is 2.30. The number of piperidine rings is 1. The summed E-state index contributed by atoms with van der Waals surface area (Å²) in [5.74, 6) is -2.13. The number of aryl methyl sites for hydroxylation is 3. The smallest absolute Gasteiger partial charge is 0.274 e. The number of unbranched alkanes of at least 4 members (excludes halogenated alkanes) is 3. The molecular weight excluding hydrogens is 564 g/mol. The second-order valence-corrected chi connectivity index (χ2v) is 12.6. The summed E-state index contributed by atoms with van der Waals surface area (Å²) in [6.45, 7) is 25.6. The summed E-state index contributed by atoms with van der Waals surface area (Å²) < 4.78 is 28.8. The highest BCUT2D eigenvalue weighted by Gasteiger charge is 2.39. The molecule has 1 aromatic carbocycles. The molecule has 2 heterocycles. The molecule has 1 saturated heterocycles. The molecule has 1 unspecified atom stereocenters. The predicted octanol–water partition coefficient (Wildman–Crippen LogP) is 11.5. The first-order valence-electron chi connectivity index (χ1n) is 17.7. The van der Waals surface area contributed by atoms with E-state index in [-0.39, 0.29) is 12.3 Å². The molecule has 1 aromatic heterocycles. The van der Waals surface area contributed by atoms with E-state index in [9.17, 15) is 13.6 Å². The van der Waals surface area contributed by atoms with Crippen LogP contribution in [0.15, 0.2) is 30.9 Å². The molecule has 6 heteroatoms. The quantitative estimate of drug-likeness (QED) is 0.215. The minimum absolute atomic E-state index is 0.127. The Morgan fingerprint density at radius 3 is 2.07 bits per heavy atom. The molecule has 45 heavy (non-hydrogen) atoms. The first-order chi connectivity index (χ1) is 21.4. The fourth-order valence-corrected chi connectivity index (χ4v) is 5.08. The van der Waals surface area contributed by atoms with Crippen LogP contribution in [0.3, 0.4) is 0 Å². The number of alkyl halides is 2. The number of benzene rings is 1. The Bertz CT molecular complexity index is 1070. The van der Waals surface area contributed by atoms with Crippen molar-refractivity contribution >= 4 is 5.91 Å². The van der Waals surface area contributed by atoms with Gasteiger partial charge in [-0.2, -0.15) is 5.10 Å². The number of likely N-dealkylation sites (tertiary alicyclic amines) is 1. The summed E-state index contributed by atoms with van der Waals surface area (Å²) in [6, 6.07) is 6.38. The van der Waals surface area contributed by atoms with Gasteiger partial charge < -0.3 is 4.90 Å². The lowest BCUT2D eigenvalue weighted by Gasteiger charge is -2.32. The second kappa shape index (κ2) is 23.8. The fourth-order valence-electron chi connectivity index (χ4n) is 5.08. The standard InChI is InChI=1S/C14H19F2N3O.C9H12.C9H20.C4H10.C3H6/c1-2-19-11-6-3-5-10(11)12(17-19)13(20)18-8-4-7-14(15,16)9-18;1-7-5-4-6-8(2)9(7)3;1-4-6-7-8-9(3)5-2;1-3-4-2;1-3-2/h2-9H2,1H3;4-6H,1-3H3;9H,4-8H2,1-3H3;3-4H2,1-2H3;3H,1H2,2H3. The van der Waals surface area contributed by atoms with Crippen molar-refractivity contribution in [1.82, 2.24) is 14.7 Å². The Balaban J connectivity index is 0.000000648. The van der Waals surface area contributed by atoms with E-state index in [4.69, 9.17) is 0 Å². The van der Waals surface area contributed by atoms with E-state index in [0.29, 0.717) is 25.2 Å². The van der Waals surface area contributed by atoms with E-state index in [0.717, 1.165) is 36.4 Å². The Hall–Kier alpha value is -2.50. The van der Waals surface area contributed by atoms with Crippen LogP contribution in [0, 0.1) is 26.7 Å². The lowest BCUT2D eigenvalue weighted by atomic mass is 10.0. The largest absolute Gasteiger partial charge is 0.331 e. The van der Waals surface area contributed by atoms with Gasteiger partial charge in [-0.05, 0) is 82.9 Å². The van der Waals surface area contributed by atoms with Crippen molar-refractivity contribution in [1.29, 1.82) is 0 Å². The molecule has 2 aliphatic rings. The Kier molecular flexibility index (Phi) is 22.5. The van der Waals surface area contributed by atoms with Crippen molar-refractivity contribution < 1.29 is 13.6 Å². The number of fused-ring (bicyclic) bond motifs is 1. The molecule has 0 saturated carbocycles. The Labute approximate surface area is 276 Å². The van der Waals surface area contributed by atoms with Gasteiger partial charge >= 0.3 is 0 Å². The van der Waals surface area contributed by atoms with Crippen molar-refractivity contribution in [2.75, 3.05) is 13.1 Å². The van der Waals surface area contributed by atoms with E-state index < -0.39 is 12.5 Å². The average Bonchev–Trinajstić information content (AvgIpc) is 3.63. The van der Waals surface area contributed by atoms with E-state index in [2.05, 4.69) is 85.3 Å². The zero-order valence-corrected chi connectivity index (χ0v) is 30.7. The molecule has 1 amide bonds. The van der Waals surface area contributed by atoms with Gasteiger partial charge in [-0.25, -0.2) is 8.78 Å². The van der Waals surface area contributed by atoms with Crippen LogP contribution < -0.4 is 0 Å². The van der Waals surface area contributed by atoms with Crippen LogP contribution in [0.5, 0.6) is 0 Å². The van der Waals surface area contributed by atoms with E-state index in [1.54, 1.807) is 6.08 Å². The summed E-state index contributed by atoms with van der Waals surface area (Å²) >= 11 is 0. The van der Waals surface area contributed by atoms with E-state index in [1.807, 2.05) is 18.5 Å². The Morgan fingerprint density at radius 2 is 1.60 bits per heavy atom. The van der Waals surface area contributed by atoms with Gasteiger partial charge in [0.25, 0.3) is 11.8 Å². The van der Waals surface area contributed by atoms with Crippen LogP contribution >= 0.6 is 0 Å². The molecule has 1 atom stereocenters. The number of hydrogen-bond acceptors (Lipinski definition) is 2. The zero-order valence-electron chi connectivity index (χ0n) is 30.7. The molecule has 4 rings (SSSR count). The number of carbonyl (C=O) groups excluding carboxylic acids is 1. The molecule has 0 N–H and O–H groups in total. The third-order valence-corrected chi connectivity index (χ3v) is 8.56. The van der Waals surface area contributed by atoms with Gasteiger partial charge in [-0.1, -0.05) is 104 Å². The number of aromatic nitrogens is 2. The van der Waals surface area contributed by atoms with Crippen molar-refractivity contribution in [3.63, 3.8) is 0 Å². The minimum Gasteiger partial charge on any atom is -0.331 e. The second-order valence-electron chi connectivity index (χ2n) is 12.6. The molecular formula is C39H67F2N3O. The molecule has 0 spiro atoms. The van der Waals surface area contributed by atoms with Crippen molar-refractivity contribution in [2.24, 2.45) is 5.92 Å². The first-order valence-corrected chi connectivity index (χ1v) is 17.7. The lowest BCUT2D eigenvalue weighted by molar-refractivity contribution is -0.0561. The lowest BCUT2D eigenvalue weighted by Crippen LogP contribution is -2.46. The predicted molar refractivity (Wildman–Crippen MR) is 191 cm³/mol. The average molecular weight is 632 g/mol. The maximum atomic E-state index is 13.5. The number of carbonyl (C=O) groups is 1. The number of amides is 1. The van der Waals surface area contributed by atoms with E-state index in [1.165, 1.54) is 66.5 Å². The Morgan fingerprint density at radius 1 is 1.00 bits per heavy atom. The zero-order chi connectivity index (χ0) is 34.4. The molecule has 2 aromatic rings. The SMILES string of the molecule is C=CC.CCCC.CCCCCC(C)CC.CCn1nc(C(=O)N2CCCC(F)(F)C2)c2c1CCC2.Cc1cccc(C)c1C. The normalized spacial score (nSPS) is 15.0. The summed E-state index contributed by atoms with van der Waals surface area (Å²) in [6.07, 6.45) is 14.4. The van der Waals surface area contributed by atoms with Gasteiger partial charge in [0, 0.05) is 30.8 Å². The van der Waals surface area contributed by atoms with Gasteiger partial charge in [-0.3, -0.25) is 9.48 Å². The number of allylic oxidation sites excluding steroid dienone is 1. The third kappa shape index (κ3) is 16.1. The third-order valence-electron chi connectivity index (χ3n) is 8.56. The van der Waals surface area contributed by atoms with Crippen LogP contribution in [-0.2, 0) is 19.4 Å². The van der Waals surface area contributed by atoms with E-state index >= 15 is 0 Å². The molecule has 1 aliphatic heterocycles. The topological polar surface area (TPSA) is 38.1 Å². The molecule has 4 nitrogen and oxygen atoms in total. The van der Waals surface area contributed by atoms with Crippen molar-refractivity contribution in [3.8, 4) is 0 Å². The summed E-state index contributed by atoms with van der Waals surface area (Å²) in [5.41, 5.74) is 6.67. The van der Waals surface area contributed by atoms with Gasteiger partial charge in [0.05, 0.1) is 6.54 Å². The van der Waals surface area contributed by atoms with Crippen LogP contribution in [0.1, 0.15) is 151 Å². The minimum atomic E-state index is -2.76. The molecule has 1 fully saturated rings. The maximum Gasteiger partial charge on any atom is 0.274 e. The highest BCUT2D eigenvalue weighted by molar-refractivity contribution is 5.94. The molecule has 0 radical (unpaired) electrons. The van der Waals surface area contributed by atoms with Crippen LogP contribution in [0.25, 0.3) is 0 Å². The van der Waals surface area contributed by atoms with Crippen LogP contribution in [0.4, 0.5) is 8.78 Å². The van der Waals surface area contributed by atoms with Crippen molar-refractivity contribution in [3.05, 3.63) is 64.5 Å². The van der Waals surface area contributed by atoms with Gasteiger partial charge in [0.1, 0.15) is 0 Å². The summed E-state index contributed by atoms with van der Waals surface area (Å²) in [5, 5.41) is 4.35. The van der Waals surface area contributed by atoms with Crippen molar-refractivity contribution in [2.45, 2.75) is 159 Å².